The average Bonchev–Trinajstić information content (AvgIpc) is 2.97. The van der Waals surface area contributed by atoms with E-state index in [-0.39, 0.29) is 0 Å². The predicted molar refractivity (Wildman–Crippen MR) is 56.9 cm³/mol. The zero-order chi connectivity index (χ0) is 11.5. The smallest absolute Gasteiger partial charge is 0.320 e. The molecule has 1 heterocycles. The molecular weight excluding hydrogens is 208 g/mol. The van der Waals surface area contributed by atoms with E-state index in [1.807, 2.05) is 7.05 Å². The van der Waals surface area contributed by atoms with E-state index >= 15 is 0 Å². The zero-order valence-corrected chi connectivity index (χ0v) is 9.26. The van der Waals surface area contributed by atoms with Gasteiger partial charge in [0.15, 0.2) is 5.82 Å². The van der Waals surface area contributed by atoms with Gasteiger partial charge in [0.1, 0.15) is 12.4 Å². The number of nitrogens with one attached hydrogen (secondary N) is 1. The molecule has 0 saturated heterocycles. The number of carbonyl (C=O) groups is 1. The lowest BCUT2D eigenvalue weighted by Gasteiger charge is -2.12. The minimum absolute atomic E-state index is 0.314. The van der Waals surface area contributed by atoms with Crippen molar-refractivity contribution in [3.05, 3.63) is 12.2 Å². The Hall–Kier alpha value is -1.43. The van der Waals surface area contributed by atoms with Crippen LogP contribution in [0.15, 0.2) is 6.33 Å². The summed E-state index contributed by atoms with van der Waals surface area (Å²) in [5.74, 6) is 0.306. The van der Waals surface area contributed by atoms with E-state index in [0.717, 1.165) is 18.7 Å². The molecule has 0 amide bonds. The summed E-state index contributed by atoms with van der Waals surface area (Å²) in [6, 6.07) is -0.399. The Balaban J connectivity index is 1.76. The van der Waals surface area contributed by atoms with E-state index in [4.69, 9.17) is 5.11 Å². The third-order valence-electron chi connectivity index (χ3n) is 2.72. The van der Waals surface area contributed by atoms with Gasteiger partial charge in [-0.3, -0.25) is 9.48 Å². The quantitative estimate of drug-likeness (QED) is 0.700. The SMILES string of the molecule is Cn1cnc(CCNC(C(=O)O)C2CC2)n1. The maximum absolute atomic E-state index is 10.9. The Labute approximate surface area is 93.7 Å². The van der Waals surface area contributed by atoms with Crippen LogP contribution in [0.1, 0.15) is 18.7 Å². The molecular formula is C10H16N4O2. The molecule has 6 heteroatoms. The molecule has 1 fully saturated rings. The Kier molecular flexibility index (Phi) is 3.19. The predicted octanol–water partition coefficient (Wildman–Crippen LogP) is -0.190. The van der Waals surface area contributed by atoms with Crippen molar-refractivity contribution >= 4 is 5.97 Å². The van der Waals surface area contributed by atoms with Gasteiger partial charge in [0.05, 0.1) is 0 Å². The summed E-state index contributed by atoms with van der Waals surface area (Å²) in [6.07, 6.45) is 4.35. The Morgan fingerprint density at radius 2 is 2.50 bits per heavy atom. The van der Waals surface area contributed by atoms with Crippen molar-refractivity contribution in [1.82, 2.24) is 20.1 Å². The Bertz CT molecular complexity index is 373. The van der Waals surface area contributed by atoms with Gasteiger partial charge in [-0.15, -0.1) is 0 Å². The second kappa shape index (κ2) is 4.61. The van der Waals surface area contributed by atoms with Crippen LogP contribution in [0.2, 0.25) is 0 Å². The number of nitrogens with zero attached hydrogens (tertiary/aromatic N) is 3. The molecule has 88 valence electrons. The van der Waals surface area contributed by atoms with Crippen molar-refractivity contribution < 1.29 is 9.90 Å². The molecule has 6 nitrogen and oxygen atoms in total. The van der Waals surface area contributed by atoms with Gasteiger partial charge in [-0.05, 0) is 18.8 Å². The number of aromatic nitrogens is 3. The van der Waals surface area contributed by atoms with Crippen molar-refractivity contribution in [3.8, 4) is 0 Å². The summed E-state index contributed by atoms with van der Waals surface area (Å²) in [4.78, 5) is 15.0. The Morgan fingerprint density at radius 1 is 1.75 bits per heavy atom. The molecule has 1 aromatic heterocycles. The molecule has 1 aromatic rings. The number of rotatable bonds is 6. The van der Waals surface area contributed by atoms with E-state index in [0.29, 0.717) is 18.9 Å². The van der Waals surface area contributed by atoms with E-state index in [1.54, 1.807) is 11.0 Å². The van der Waals surface area contributed by atoms with E-state index < -0.39 is 12.0 Å². The summed E-state index contributed by atoms with van der Waals surface area (Å²) in [7, 11) is 1.81. The van der Waals surface area contributed by atoms with Crippen LogP contribution in [0.25, 0.3) is 0 Å². The average molecular weight is 224 g/mol. The zero-order valence-electron chi connectivity index (χ0n) is 9.26. The maximum Gasteiger partial charge on any atom is 0.320 e. The third-order valence-corrected chi connectivity index (χ3v) is 2.72. The molecule has 2 rings (SSSR count). The number of hydrogen-bond donors (Lipinski definition) is 2. The first kappa shape index (κ1) is 11.1. The van der Waals surface area contributed by atoms with Crippen molar-refractivity contribution in [2.75, 3.05) is 6.54 Å². The number of carboxylic acid groups (broad SMARTS) is 1. The van der Waals surface area contributed by atoms with Crippen LogP contribution in [0.5, 0.6) is 0 Å². The van der Waals surface area contributed by atoms with Gasteiger partial charge in [0.25, 0.3) is 0 Å². The summed E-state index contributed by atoms with van der Waals surface area (Å²) in [5, 5.41) is 16.2. The van der Waals surface area contributed by atoms with Crippen molar-refractivity contribution in [2.45, 2.75) is 25.3 Å². The lowest BCUT2D eigenvalue weighted by atomic mass is 10.2. The monoisotopic (exact) mass is 224 g/mol. The number of aryl methyl sites for hydroxylation is 1. The van der Waals surface area contributed by atoms with Crippen LogP contribution >= 0.6 is 0 Å². The fourth-order valence-corrected chi connectivity index (χ4v) is 1.72. The second-order valence-corrected chi connectivity index (χ2v) is 4.19. The molecule has 1 aliphatic rings. The summed E-state index contributed by atoms with van der Waals surface area (Å²) < 4.78 is 1.64. The number of aliphatic carboxylic acids is 1. The highest BCUT2D eigenvalue weighted by Crippen LogP contribution is 2.32. The van der Waals surface area contributed by atoms with Crippen molar-refractivity contribution in [1.29, 1.82) is 0 Å². The first-order chi connectivity index (χ1) is 7.66. The fraction of sp³-hybridized carbons (Fsp3) is 0.700. The number of carboxylic acids is 1. The summed E-state index contributed by atoms with van der Waals surface area (Å²) in [6.45, 7) is 0.609. The van der Waals surface area contributed by atoms with Crippen LogP contribution in [-0.2, 0) is 18.3 Å². The molecule has 1 aliphatic carbocycles. The molecule has 1 saturated carbocycles. The van der Waals surface area contributed by atoms with Gasteiger partial charge in [0.2, 0.25) is 0 Å². The highest BCUT2D eigenvalue weighted by Gasteiger charge is 2.35. The highest BCUT2D eigenvalue weighted by molar-refractivity contribution is 5.74. The minimum Gasteiger partial charge on any atom is -0.480 e. The van der Waals surface area contributed by atoms with Crippen molar-refractivity contribution in [3.63, 3.8) is 0 Å². The van der Waals surface area contributed by atoms with Gasteiger partial charge >= 0.3 is 5.97 Å². The molecule has 1 unspecified atom stereocenters. The van der Waals surface area contributed by atoms with Crippen LogP contribution in [0, 0.1) is 5.92 Å². The lowest BCUT2D eigenvalue weighted by molar-refractivity contribution is -0.140. The molecule has 16 heavy (non-hydrogen) atoms. The molecule has 0 radical (unpaired) electrons. The van der Waals surface area contributed by atoms with Gasteiger partial charge in [-0.1, -0.05) is 0 Å². The first-order valence-electron chi connectivity index (χ1n) is 5.47. The van der Waals surface area contributed by atoms with Gasteiger partial charge in [-0.25, -0.2) is 4.98 Å². The third kappa shape index (κ3) is 2.79. The molecule has 0 bridgehead atoms. The molecule has 2 N–H and O–H groups in total. The van der Waals surface area contributed by atoms with E-state index in [9.17, 15) is 4.79 Å². The minimum atomic E-state index is -0.753. The van der Waals surface area contributed by atoms with Crippen LogP contribution in [0.4, 0.5) is 0 Å². The van der Waals surface area contributed by atoms with Crippen molar-refractivity contribution in [2.24, 2.45) is 13.0 Å². The molecule has 0 aliphatic heterocycles. The van der Waals surface area contributed by atoms with Gasteiger partial charge < -0.3 is 10.4 Å². The largest absolute Gasteiger partial charge is 0.480 e. The molecule has 1 atom stereocenters. The van der Waals surface area contributed by atoms with E-state index in [1.165, 1.54) is 0 Å². The summed E-state index contributed by atoms with van der Waals surface area (Å²) >= 11 is 0. The van der Waals surface area contributed by atoms with Gasteiger partial charge in [0, 0.05) is 20.0 Å². The maximum atomic E-state index is 10.9. The van der Waals surface area contributed by atoms with Gasteiger partial charge in [-0.2, -0.15) is 5.10 Å². The van der Waals surface area contributed by atoms with E-state index in [2.05, 4.69) is 15.4 Å². The second-order valence-electron chi connectivity index (χ2n) is 4.19. The lowest BCUT2D eigenvalue weighted by Crippen LogP contribution is -2.39. The first-order valence-corrected chi connectivity index (χ1v) is 5.47. The highest BCUT2D eigenvalue weighted by atomic mass is 16.4. The molecule has 0 spiro atoms. The standard InChI is InChI=1S/C10H16N4O2/c1-14-6-12-8(13-14)4-5-11-9(10(15)16)7-2-3-7/h6-7,9,11H,2-5H2,1H3,(H,15,16). The Morgan fingerprint density at radius 3 is 3.00 bits per heavy atom. The fourth-order valence-electron chi connectivity index (χ4n) is 1.72. The number of hydrogen-bond acceptors (Lipinski definition) is 4. The topological polar surface area (TPSA) is 80.0 Å². The van der Waals surface area contributed by atoms with Crippen LogP contribution in [-0.4, -0.2) is 38.4 Å². The molecule has 0 aromatic carbocycles. The normalized spacial score (nSPS) is 17.3. The van der Waals surface area contributed by atoms with Crippen LogP contribution in [0.3, 0.4) is 0 Å². The summed E-state index contributed by atoms with van der Waals surface area (Å²) in [5.41, 5.74) is 0. The van der Waals surface area contributed by atoms with Crippen LogP contribution < -0.4 is 5.32 Å².